The monoisotopic (exact) mass is 187 g/mol. The van der Waals surface area contributed by atoms with Gasteiger partial charge in [0.1, 0.15) is 0 Å². The Labute approximate surface area is 80.4 Å². The van der Waals surface area contributed by atoms with Crippen LogP contribution in [0.5, 0.6) is 0 Å². The quantitative estimate of drug-likeness (QED) is 0.666. The maximum atomic E-state index is 9.14. The van der Waals surface area contributed by atoms with Crippen molar-refractivity contribution in [2.24, 2.45) is 11.8 Å². The van der Waals surface area contributed by atoms with E-state index in [2.05, 4.69) is 18.7 Å². The van der Waals surface area contributed by atoms with Crippen LogP contribution in [0.25, 0.3) is 0 Å². The average Bonchev–Trinajstić information content (AvgIpc) is 2.00. The first kappa shape index (κ1) is 11.0. The van der Waals surface area contributed by atoms with Crippen LogP contribution in [-0.2, 0) is 0 Å². The van der Waals surface area contributed by atoms with E-state index in [-0.39, 0.29) is 13.2 Å². The molecule has 1 aliphatic heterocycles. The fraction of sp³-hybridized carbons (Fsp3) is 1.00. The first-order chi connectivity index (χ1) is 6.03. The summed E-state index contributed by atoms with van der Waals surface area (Å²) in [5, 5.41) is 18.3. The maximum Gasteiger partial charge on any atom is 0.0644 e. The van der Waals surface area contributed by atoms with Crippen molar-refractivity contribution in [2.45, 2.75) is 26.3 Å². The van der Waals surface area contributed by atoms with Gasteiger partial charge in [-0.2, -0.15) is 0 Å². The van der Waals surface area contributed by atoms with E-state index in [0.29, 0.717) is 5.92 Å². The normalized spacial score (nSPS) is 20.8. The van der Waals surface area contributed by atoms with Gasteiger partial charge in [-0.3, -0.25) is 4.90 Å². The summed E-state index contributed by atoms with van der Waals surface area (Å²) in [4.78, 5) is 2.16. The van der Waals surface area contributed by atoms with Crippen molar-refractivity contribution < 1.29 is 10.2 Å². The number of aliphatic hydroxyl groups excluding tert-OH is 2. The first-order valence-corrected chi connectivity index (χ1v) is 5.00. The molecule has 0 aliphatic carbocycles. The van der Waals surface area contributed by atoms with E-state index in [4.69, 9.17) is 10.2 Å². The lowest BCUT2D eigenvalue weighted by Gasteiger charge is -2.50. The number of nitrogens with zero attached hydrogens (tertiary/aromatic N) is 1. The van der Waals surface area contributed by atoms with E-state index in [0.717, 1.165) is 19.0 Å². The zero-order valence-electron chi connectivity index (χ0n) is 8.82. The van der Waals surface area contributed by atoms with Gasteiger partial charge in [0.25, 0.3) is 0 Å². The highest BCUT2D eigenvalue weighted by Gasteiger charge is 2.40. The molecule has 0 radical (unpaired) electrons. The highest BCUT2D eigenvalue weighted by atomic mass is 16.3. The van der Waals surface area contributed by atoms with Crippen molar-refractivity contribution in [3.8, 4) is 0 Å². The molecule has 3 heteroatoms. The standard InChI is InChI=1S/C10H21NO2/c1-8(2)9-4-11(5-9)10(3,6-12)7-13/h8-9,12-13H,4-7H2,1-3H3. The van der Waals surface area contributed by atoms with E-state index in [1.807, 2.05) is 6.92 Å². The van der Waals surface area contributed by atoms with Crippen LogP contribution in [0.3, 0.4) is 0 Å². The topological polar surface area (TPSA) is 43.7 Å². The van der Waals surface area contributed by atoms with Gasteiger partial charge in [0, 0.05) is 13.1 Å². The minimum atomic E-state index is -0.411. The van der Waals surface area contributed by atoms with Gasteiger partial charge in [0.2, 0.25) is 0 Å². The van der Waals surface area contributed by atoms with Crippen LogP contribution in [0.4, 0.5) is 0 Å². The molecule has 0 aromatic carbocycles. The summed E-state index contributed by atoms with van der Waals surface area (Å²) >= 11 is 0. The number of hydrogen-bond acceptors (Lipinski definition) is 3. The number of likely N-dealkylation sites (tertiary alicyclic amines) is 1. The molecule has 0 bridgehead atoms. The SMILES string of the molecule is CC(C)C1CN(C(C)(CO)CO)C1. The van der Waals surface area contributed by atoms with Crippen LogP contribution in [0.15, 0.2) is 0 Å². The summed E-state index contributed by atoms with van der Waals surface area (Å²) in [5.74, 6) is 1.44. The second-order valence-electron chi connectivity index (χ2n) is 4.72. The van der Waals surface area contributed by atoms with E-state index in [9.17, 15) is 0 Å². The second-order valence-corrected chi connectivity index (χ2v) is 4.72. The van der Waals surface area contributed by atoms with Crippen LogP contribution in [-0.4, -0.2) is 47.0 Å². The van der Waals surface area contributed by atoms with E-state index >= 15 is 0 Å². The molecule has 0 aromatic rings. The molecule has 0 unspecified atom stereocenters. The maximum absolute atomic E-state index is 9.14. The fourth-order valence-electron chi connectivity index (χ4n) is 1.63. The van der Waals surface area contributed by atoms with Gasteiger partial charge >= 0.3 is 0 Å². The van der Waals surface area contributed by atoms with Crippen molar-refractivity contribution in [1.82, 2.24) is 4.90 Å². The molecular formula is C10H21NO2. The van der Waals surface area contributed by atoms with E-state index < -0.39 is 5.54 Å². The molecular weight excluding hydrogens is 166 g/mol. The van der Waals surface area contributed by atoms with Gasteiger partial charge in [-0.15, -0.1) is 0 Å². The number of rotatable bonds is 4. The molecule has 1 rings (SSSR count). The van der Waals surface area contributed by atoms with Crippen molar-refractivity contribution >= 4 is 0 Å². The molecule has 0 spiro atoms. The van der Waals surface area contributed by atoms with Gasteiger partial charge in [0.15, 0.2) is 0 Å². The Morgan fingerprint density at radius 3 is 2.08 bits per heavy atom. The van der Waals surface area contributed by atoms with Crippen molar-refractivity contribution in [2.75, 3.05) is 26.3 Å². The summed E-state index contributed by atoms with van der Waals surface area (Å²) in [6.45, 7) is 8.44. The third-order valence-electron chi connectivity index (χ3n) is 3.30. The summed E-state index contributed by atoms with van der Waals surface area (Å²) in [5.41, 5.74) is -0.411. The summed E-state index contributed by atoms with van der Waals surface area (Å²) in [6.07, 6.45) is 0. The Bertz CT molecular complexity index is 160. The van der Waals surface area contributed by atoms with Crippen LogP contribution in [0.2, 0.25) is 0 Å². The summed E-state index contributed by atoms with van der Waals surface area (Å²) < 4.78 is 0. The summed E-state index contributed by atoms with van der Waals surface area (Å²) in [6, 6.07) is 0. The Morgan fingerprint density at radius 1 is 1.31 bits per heavy atom. The van der Waals surface area contributed by atoms with Gasteiger partial charge in [-0.25, -0.2) is 0 Å². The fourth-order valence-corrected chi connectivity index (χ4v) is 1.63. The predicted octanol–water partition coefficient (Wildman–Crippen LogP) is 0.318. The first-order valence-electron chi connectivity index (χ1n) is 5.00. The highest BCUT2D eigenvalue weighted by Crippen LogP contribution is 2.29. The van der Waals surface area contributed by atoms with E-state index in [1.54, 1.807) is 0 Å². The van der Waals surface area contributed by atoms with Gasteiger partial charge in [0.05, 0.1) is 18.8 Å². The van der Waals surface area contributed by atoms with E-state index in [1.165, 1.54) is 0 Å². The molecule has 2 N–H and O–H groups in total. The number of hydrogen-bond donors (Lipinski definition) is 2. The highest BCUT2D eigenvalue weighted by molar-refractivity contribution is 4.94. The Kier molecular flexibility index (Phi) is 3.33. The molecule has 0 saturated carbocycles. The minimum Gasteiger partial charge on any atom is -0.394 e. The van der Waals surface area contributed by atoms with Crippen LogP contribution in [0.1, 0.15) is 20.8 Å². The Balaban J connectivity index is 2.41. The zero-order chi connectivity index (χ0) is 10.1. The lowest BCUT2D eigenvalue weighted by atomic mass is 9.84. The molecule has 1 heterocycles. The van der Waals surface area contributed by atoms with Crippen molar-refractivity contribution in [3.05, 3.63) is 0 Å². The molecule has 0 atom stereocenters. The molecule has 1 fully saturated rings. The smallest absolute Gasteiger partial charge is 0.0644 e. The molecule has 1 aliphatic rings. The minimum absolute atomic E-state index is 0.0360. The van der Waals surface area contributed by atoms with Gasteiger partial charge in [-0.05, 0) is 18.8 Å². The van der Waals surface area contributed by atoms with Crippen LogP contribution >= 0.6 is 0 Å². The lowest BCUT2D eigenvalue weighted by Crippen LogP contribution is -2.62. The second kappa shape index (κ2) is 3.95. The molecule has 0 amide bonds. The van der Waals surface area contributed by atoms with Gasteiger partial charge in [-0.1, -0.05) is 13.8 Å². The molecule has 13 heavy (non-hydrogen) atoms. The van der Waals surface area contributed by atoms with Crippen molar-refractivity contribution in [3.63, 3.8) is 0 Å². The lowest BCUT2D eigenvalue weighted by molar-refractivity contribution is -0.0739. The van der Waals surface area contributed by atoms with Crippen molar-refractivity contribution in [1.29, 1.82) is 0 Å². The zero-order valence-corrected chi connectivity index (χ0v) is 8.82. The average molecular weight is 187 g/mol. The van der Waals surface area contributed by atoms with Crippen LogP contribution < -0.4 is 0 Å². The Hall–Kier alpha value is -0.120. The van der Waals surface area contributed by atoms with Gasteiger partial charge < -0.3 is 10.2 Å². The Morgan fingerprint density at radius 2 is 1.77 bits per heavy atom. The predicted molar refractivity (Wildman–Crippen MR) is 52.5 cm³/mol. The number of aliphatic hydroxyl groups is 2. The largest absolute Gasteiger partial charge is 0.394 e. The third-order valence-corrected chi connectivity index (χ3v) is 3.30. The third kappa shape index (κ3) is 2.03. The molecule has 0 aromatic heterocycles. The molecule has 3 nitrogen and oxygen atoms in total. The molecule has 78 valence electrons. The molecule has 1 saturated heterocycles. The summed E-state index contributed by atoms with van der Waals surface area (Å²) in [7, 11) is 0. The van der Waals surface area contributed by atoms with Crippen LogP contribution in [0, 0.1) is 11.8 Å².